The van der Waals surface area contributed by atoms with Crippen molar-refractivity contribution >= 4 is 11.6 Å². The quantitative estimate of drug-likeness (QED) is 0.428. The predicted octanol–water partition coefficient (Wildman–Crippen LogP) is -0.347. The van der Waals surface area contributed by atoms with Crippen LogP contribution in [0.15, 0.2) is 15.7 Å². The van der Waals surface area contributed by atoms with Crippen LogP contribution in [-0.2, 0) is 0 Å². The normalized spacial score (nSPS) is 8.75. The molecule has 12 heavy (non-hydrogen) atoms. The third kappa shape index (κ3) is 2.01. The molecule has 1 rings (SSSR count). The van der Waals surface area contributed by atoms with E-state index < -0.39 is 11.1 Å². The number of aromatic amines is 2. The standard InChI is InChI=1S/C7H5ClN2O2/c8-3-1-2-5-4-6(11)9-10-7(5)12/h4H,3H2,(H,9,11)(H,10,12). The summed E-state index contributed by atoms with van der Waals surface area (Å²) >= 11 is 5.27. The Kier molecular flexibility index (Phi) is 2.72. The van der Waals surface area contributed by atoms with Crippen molar-refractivity contribution in [1.82, 2.24) is 10.2 Å². The Balaban J connectivity index is 3.24. The highest BCUT2D eigenvalue weighted by atomic mass is 35.5. The lowest BCUT2D eigenvalue weighted by molar-refractivity contribution is 0.946. The smallest absolute Gasteiger partial charge is 0.268 e. The summed E-state index contributed by atoms with van der Waals surface area (Å²) in [6, 6.07) is 1.12. The third-order valence-electron chi connectivity index (χ3n) is 1.11. The number of aromatic nitrogens is 2. The molecule has 0 bridgehead atoms. The summed E-state index contributed by atoms with van der Waals surface area (Å²) in [5.74, 6) is 5.06. The molecular weight excluding hydrogens is 180 g/mol. The molecule has 1 heterocycles. The molecular formula is C7H5ClN2O2. The highest BCUT2D eigenvalue weighted by Gasteiger charge is 1.94. The Morgan fingerprint density at radius 3 is 2.83 bits per heavy atom. The summed E-state index contributed by atoms with van der Waals surface area (Å²) in [6.45, 7) is 0. The number of nitrogens with one attached hydrogen (secondary N) is 2. The van der Waals surface area contributed by atoms with Gasteiger partial charge in [-0.1, -0.05) is 11.8 Å². The molecule has 0 fully saturated rings. The lowest BCUT2D eigenvalue weighted by atomic mass is 10.3. The van der Waals surface area contributed by atoms with Gasteiger partial charge in [-0.05, 0) is 0 Å². The van der Waals surface area contributed by atoms with Crippen LogP contribution in [0.3, 0.4) is 0 Å². The van der Waals surface area contributed by atoms with Gasteiger partial charge in [0.2, 0.25) is 0 Å². The number of hydrogen-bond donors (Lipinski definition) is 2. The van der Waals surface area contributed by atoms with Gasteiger partial charge in [0, 0.05) is 6.07 Å². The molecule has 0 unspecified atom stereocenters. The first kappa shape index (κ1) is 8.62. The number of halogens is 1. The van der Waals surface area contributed by atoms with Crippen LogP contribution < -0.4 is 11.1 Å². The number of hydrogen-bond acceptors (Lipinski definition) is 2. The number of alkyl halides is 1. The summed E-state index contributed by atoms with van der Waals surface area (Å²) in [7, 11) is 0. The second kappa shape index (κ2) is 3.79. The average molecular weight is 185 g/mol. The van der Waals surface area contributed by atoms with Gasteiger partial charge in [0.15, 0.2) is 0 Å². The minimum Gasteiger partial charge on any atom is -0.268 e. The summed E-state index contributed by atoms with van der Waals surface area (Å²) in [5.41, 5.74) is -0.694. The molecule has 0 aliphatic rings. The number of H-pyrrole nitrogens is 2. The minimum atomic E-state index is -0.424. The Morgan fingerprint density at radius 2 is 2.17 bits per heavy atom. The van der Waals surface area contributed by atoms with Crippen LogP contribution in [0.25, 0.3) is 0 Å². The molecule has 0 atom stereocenters. The summed E-state index contributed by atoms with van der Waals surface area (Å²) in [5, 5.41) is 4.26. The van der Waals surface area contributed by atoms with Gasteiger partial charge in [0.1, 0.15) is 0 Å². The van der Waals surface area contributed by atoms with Crippen LogP contribution in [0.5, 0.6) is 0 Å². The maximum absolute atomic E-state index is 10.9. The molecule has 5 heteroatoms. The van der Waals surface area contributed by atoms with Crippen molar-refractivity contribution in [2.24, 2.45) is 0 Å². The molecule has 0 saturated heterocycles. The van der Waals surface area contributed by atoms with Gasteiger partial charge in [-0.2, -0.15) is 0 Å². The van der Waals surface area contributed by atoms with Crippen LogP contribution >= 0.6 is 11.6 Å². The first-order valence-electron chi connectivity index (χ1n) is 3.11. The largest absolute Gasteiger partial charge is 0.278 e. The average Bonchev–Trinajstić information content (AvgIpc) is 2.07. The van der Waals surface area contributed by atoms with Crippen molar-refractivity contribution in [3.63, 3.8) is 0 Å². The summed E-state index contributed by atoms with van der Waals surface area (Å²) in [6.07, 6.45) is 0. The minimum absolute atomic E-state index is 0.124. The molecule has 0 spiro atoms. The molecule has 0 aliphatic carbocycles. The number of rotatable bonds is 0. The molecule has 0 radical (unpaired) electrons. The van der Waals surface area contributed by atoms with E-state index in [1.54, 1.807) is 0 Å². The van der Waals surface area contributed by atoms with E-state index in [4.69, 9.17) is 11.6 Å². The van der Waals surface area contributed by atoms with Gasteiger partial charge in [0.25, 0.3) is 11.1 Å². The second-order valence-corrected chi connectivity index (χ2v) is 2.20. The summed E-state index contributed by atoms with van der Waals surface area (Å²) in [4.78, 5) is 21.6. The first-order valence-corrected chi connectivity index (χ1v) is 3.64. The van der Waals surface area contributed by atoms with Crippen molar-refractivity contribution in [2.45, 2.75) is 0 Å². The van der Waals surface area contributed by atoms with Gasteiger partial charge in [0.05, 0.1) is 11.4 Å². The van der Waals surface area contributed by atoms with Gasteiger partial charge in [-0.25, -0.2) is 0 Å². The molecule has 4 nitrogen and oxygen atoms in total. The zero-order chi connectivity index (χ0) is 8.97. The Morgan fingerprint density at radius 1 is 1.42 bits per heavy atom. The van der Waals surface area contributed by atoms with E-state index >= 15 is 0 Å². The molecule has 0 saturated carbocycles. The van der Waals surface area contributed by atoms with E-state index in [-0.39, 0.29) is 11.4 Å². The fourth-order valence-electron chi connectivity index (χ4n) is 0.640. The zero-order valence-electron chi connectivity index (χ0n) is 5.98. The maximum Gasteiger partial charge on any atom is 0.278 e. The SMILES string of the molecule is O=c1cc(C#CCCl)c(=O)[nH][nH]1. The van der Waals surface area contributed by atoms with Crippen LogP contribution in [0, 0.1) is 11.8 Å². The van der Waals surface area contributed by atoms with E-state index in [0.717, 1.165) is 6.07 Å². The van der Waals surface area contributed by atoms with Crippen molar-refractivity contribution < 1.29 is 0 Å². The van der Waals surface area contributed by atoms with Gasteiger partial charge in [-0.15, -0.1) is 11.6 Å². The van der Waals surface area contributed by atoms with Crippen molar-refractivity contribution in [2.75, 3.05) is 5.88 Å². The Bertz CT molecular complexity index is 435. The van der Waals surface area contributed by atoms with Crippen molar-refractivity contribution in [3.8, 4) is 11.8 Å². The highest BCUT2D eigenvalue weighted by molar-refractivity contribution is 6.19. The Hall–Kier alpha value is -1.47. The van der Waals surface area contributed by atoms with Gasteiger partial charge < -0.3 is 0 Å². The van der Waals surface area contributed by atoms with E-state index in [1.165, 1.54) is 0 Å². The molecule has 0 aliphatic heterocycles. The molecule has 2 N–H and O–H groups in total. The van der Waals surface area contributed by atoms with E-state index in [2.05, 4.69) is 22.0 Å². The van der Waals surface area contributed by atoms with E-state index in [0.29, 0.717) is 0 Å². The monoisotopic (exact) mass is 184 g/mol. The van der Waals surface area contributed by atoms with Crippen molar-refractivity contribution in [3.05, 3.63) is 32.3 Å². The fourth-order valence-corrected chi connectivity index (χ4v) is 0.707. The maximum atomic E-state index is 10.9. The molecule has 0 aromatic carbocycles. The molecule has 1 aromatic rings. The van der Waals surface area contributed by atoms with Gasteiger partial charge >= 0.3 is 0 Å². The predicted molar refractivity (Wildman–Crippen MR) is 45.3 cm³/mol. The zero-order valence-corrected chi connectivity index (χ0v) is 6.73. The van der Waals surface area contributed by atoms with Crippen LogP contribution in [-0.4, -0.2) is 16.1 Å². The van der Waals surface area contributed by atoms with E-state index in [9.17, 15) is 9.59 Å². The highest BCUT2D eigenvalue weighted by Crippen LogP contribution is 1.78. The molecule has 1 aromatic heterocycles. The van der Waals surface area contributed by atoms with Crippen LogP contribution in [0.1, 0.15) is 5.56 Å². The van der Waals surface area contributed by atoms with Crippen LogP contribution in [0.4, 0.5) is 0 Å². The van der Waals surface area contributed by atoms with Crippen LogP contribution in [0.2, 0.25) is 0 Å². The lowest BCUT2D eigenvalue weighted by Crippen LogP contribution is -2.20. The molecule has 62 valence electrons. The lowest BCUT2D eigenvalue weighted by Gasteiger charge is -1.85. The topological polar surface area (TPSA) is 65.7 Å². The Labute approximate surface area is 72.6 Å². The second-order valence-electron chi connectivity index (χ2n) is 1.94. The first-order chi connectivity index (χ1) is 5.74. The molecule has 0 amide bonds. The van der Waals surface area contributed by atoms with E-state index in [1.807, 2.05) is 0 Å². The van der Waals surface area contributed by atoms with Crippen molar-refractivity contribution in [1.29, 1.82) is 0 Å². The third-order valence-corrected chi connectivity index (χ3v) is 1.24. The van der Waals surface area contributed by atoms with Gasteiger partial charge in [-0.3, -0.25) is 19.8 Å². The fraction of sp³-hybridized carbons (Fsp3) is 0.143. The summed E-state index contributed by atoms with van der Waals surface area (Å²) < 4.78 is 0.